The van der Waals surface area contributed by atoms with E-state index >= 15 is 0 Å². The monoisotopic (exact) mass is 590 g/mol. The molecule has 0 amide bonds. The summed E-state index contributed by atoms with van der Waals surface area (Å²) in [7, 11) is 0. The van der Waals surface area contributed by atoms with Crippen molar-refractivity contribution in [1.82, 2.24) is 0 Å². The first-order valence-corrected chi connectivity index (χ1v) is 13.9. The topological polar surface area (TPSA) is 161 Å². The number of aliphatic hydroxyl groups is 1. The van der Waals surface area contributed by atoms with Crippen LogP contribution in [0.25, 0.3) is 0 Å². The third-order valence-corrected chi connectivity index (χ3v) is 8.74. The highest BCUT2D eigenvalue weighted by molar-refractivity contribution is 5.89. The summed E-state index contributed by atoms with van der Waals surface area (Å²) in [6.07, 6.45) is -6.80. The molecule has 1 aromatic rings. The molecule has 0 unspecified atom stereocenters. The molecule has 2 saturated carbocycles. The minimum Gasteiger partial charge on any atom is -0.465 e. The summed E-state index contributed by atoms with van der Waals surface area (Å²) in [6.45, 7) is 9.30. The third kappa shape index (κ3) is 5.04. The quantitative estimate of drug-likeness (QED) is 0.364. The maximum atomic E-state index is 13.5. The number of ether oxygens (including phenoxy) is 6. The van der Waals surface area contributed by atoms with E-state index in [-0.39, 0.29) is 12.0 Å². The second-order valence-electron chi connectivity index (χ2n) is 11.9. The molecule has 0 aromatic heterocycles. The third-order valence-electron chi connectivity index (χ3n) is 8.74. The van der Waals surface area contributed by atoms with Crippen LogP contribution in [0.1, 0.15) is 65.2 Å². The van der Waals surface area contributed by atoms with Gasteiger partial charge in [0.2, 0.25) is 0 Å². The highest BCUT2D eigenvalue weighted by Crippen LogP contribution is 2.68. The molecule has 12 heteroatoms. The summed E-state index contributed by atoms with van der Waals surface area (Å²) in [5, 5.41) is 12.2. The van der Waals surface area contributed by atoms with Crippen molar-refractivity contribution in [3.63, 3.8) is 0 Å². The Bertz CT molecular complexity index is 1240. The molecule has 1 spiro atoms. The van der Waals surface area contributed by atoms with Gasteiger partial charge < -0.3 is 33.5 Å². The Kier molecular flexibility index (Phi) is 8.45. The Labute approximate surface area is 243 Å². The van der Waals surface area contributed by atoms with Gasteiger partial charge in [-0.05, 0) is 38.3 Å². The van der Waals surface area contributed by atoms with Crippen LogP contribution in [-0.2, 0) is 47.6 Å². The Morgan fingerprint density at radius 3 is 1.98 bits per heavy atom. The molecular formula is C30H38O12. The molecule has 1 aromatic carbocycles. The summed E-state index contributed by atoms with van der Waals surface area (Å²) >= 11 is 0. The Hall–Kier alpha value is -3.51. The van der Waals surface area contributed by atoms with Gasteiger partial charge in [0.25, 0.3) is 0 Å². The summed E-state index contributed by atoms with van der Waals surface area (Å²) in [5.41, 5.74) is -4.58. The van der Waals surface area contributed by atoms with E-state index in [2.05, 4.69) is 0 Å². The lowest BCUT2D eigenvalue weighted by molar-refractivity contribution is -0.329. The standard InChI is InChI=1S/C30H38O12/c1-15-13-21(38-17(3)32)24(35)29(14-37-16(2)31)26(40-19(5)34)23(41-27(36)20-11-9-8-10-12-20)22-25(39-18(4)33)30(15,29)42-28(22,6)7/h8-12,15,21-26,35H,13-14H2,1-7H3/t15-,21+,22+,23-,24+,25-,26+,29+,30+/m0/s1. The van der Waals surface area contributed by atoms with Crippen LogP contribution in [-0.4, -0.2) is 83.3 Å². The predicted octanol–water partition coefficient (Wildman–Crippen LogP) is 2.13. The van der Waals surface area contributed by atoms with Crippen LogP contribution in [0, 0.1) is 17.3 Å². The van der Waals surface area contributed by atoms with E-state index in [0.29, 0.717) is 0 Å². The fourth-order valence-corrected chi connectivity index (χ4v) is 7.47. The van der Waals surface area contributed by atoms with Crippen molar-refractivity contribution < 1.29 is 57.5 Å². The van der Waals surface area contributed by atoms with Crippen LogP contribution in [0.2, 0.25) is 0 Å². The molecule has 2 aliphatic carbocycles. The SMILES string of the molecule is CC(=O)OC[C@]12[C@H](O)[C@H](OC(C)=O)C[C@H](C)[C@]13OC(C)(C)[C@H]([C@H](OC(=O)c1ccccc1)[C@H]2OC(C)=O)[C@@H]3OC(C)=O. The van der Waals surface area contributed by atoms with E-state index in [9.17, 15) is 29.1 Å². The zero-order chi connectivity index (χ0) is 31.2. The average molecular weight is 591 g/mol. The molecule has 4 rings (SSSR count). The van der Waals surface area contributed by atoms with Crippen LogP contribution < -0.4 is 0 Å². The molecular weight excluding hydrogens is 552 g/mol. The molecule has 3 aliphatic rings. The number of carbonyl (C=O) groups excluding carboxylic acids is 5. The van der Waals surface area contributed by atoms with Crippen LogP contribution in [0.15, 0.2) is 30.3 Å². The number of carbonyl (C=O) groups is 5. The Balaban J connectivity index is 2.03. The van der Waals surface area contributed by atoms with Crippen LogP contribution in [0.3, 0.4) is 0 Å². The number of benzene rings is 1. The zero-order valence-electron chi connectivity index (χ0n) is 24.8. The smallest absolute Gasteiger partial charge is 0.338 e. The van der Waals surface area contributed by atoms with E-state index in [4.69, 9.17) is 28.4 Å². The highest BCUT2D eigenvalue weighted by Gasteiger charge is 2.85. The number of hydrogen-bond donors (Lipinski definition) is 1. The minimum absolute atomic E-state index is 0.0738. The molecule has 1 N–H and O–H groups in total. The van der Waals surface area contributed by atoms with Crippen LogP contribution >= 0.6 is 0 Å². The van der Waals surface area contributed by atoms with Crippen molar-refractivity contribution in [1.29, 1.82) is 0 Å². The van der Waals surface area contributed by atoms with E-state index in [1.165, 1.54) is 13.8 Å². The number of fused-ring (bicyclic) bond motifs is 1. The zero-order valence-corrected chi connectivity index (χ0v) is 24.8. The van der Waals surface area contributed by atoms with Gasteiger partial charge in [-0.1, -0.05) is 25.1 Å². The van der Waals surface area contributed by atoms with Gasteiger partial charge >= 0.3 is 29.8 Å². The van der Waals surface area contributed by atoms with Crippen molar-refractivity contribution in [2.24, 2.45) is 17.3 Å². The number of aliphatic hydroxyl groups excluding tert-OH is 1. The van der Waals surface area contributed by atoms with Gasteiger partial charge in [0.05, 0.1) is 17.1 Å². The van der Waals surface area contributed by atoms with Crippen molar-refractivity contribution in [2.45, 2.75) is 96.6 Å². The largest absolute Gasteiger partial charge is 0.465 e. The van der Waals surface area contributed by atoms with E-state index in [1.807, 2.05) is 0 Å². The molecule has 1 heterocycles. The maximum Gasteiger partial charge on any atom is 0.338 e. The Morgan fingerprint density at radius 1 is 0.857 bits per heavy atom. The van der Waals surface area contributed by atoms with Crippen LogP contribution in [0.4, 0.5) is 0 Å². The average Bonchev–Trinajstić information content (AvgIpc) is 3.07. The van der Waals surface area contributed by atoms with Crippen molar-refractivity contribution in [2.75, 3.05) is 6.61 Å². The van der Waals surface area contributed by atoms with Crippen LogP contribution in [0.5, 0.6) is 0 Å². The first kappa shape index (κ1) is 31.4. The fraction of sp³-hybridized carbons (Fsp3) is 0.633. The van der Waals surface area contributed by atoms with E-state index in [1.54, 1.807) is 51.1 Å². The van der Waals surface area contributed by atoms with Crippen molar-refractivity contribution >= 4 is 29.8 Å². The minimum atomic E-state index is -1.94. The second kappa shape index (κ2) is 11.3. The van der Waals surface area contributed by atoms with Gasteiger partial charge in [-0.15, -0.1) is 0 Å². The molecule has 12 nitrogen and oxygen atoms in total. The molecule has 3 fully saturated rings. The number of hydrogen-bond acceptors (Lipinski definition) is 12. The molecule has 1 aliphatic heterocycles. The fourth-order valence-electron chi connectivity index (χ4n) is 7.47. The predicted molar refractivity (Wildman–Crippen MR) is 143 cm³/mol. The molecule has 9 atom stereocenters. The van der Waals surface area contributed by atoms with Crippen molar-refractivity contribution in [3.05, 3.63) is 35.9 Å². The van der Waals surface area contributed by atoms with Gasteiger partial charge in [-0.2, -0.15) is 0 Å². The summed E-state index contributed by atoms with van der Waals surface area (Å²) in [6, 6.07) is 8.10. The van der Waals surface area contributed by atoms with Gasteiger partial charge in [-0.3, -0.25) is 19.2 Å². The highest BCUT2D eigenvalue weighted by atomic mass is 16.6. The molecule has 230 valence electrons. The van der Waals surface area contributed by atoms with Crippen molar-refractivity contribution in [3.8, 4) is 0 Å². The van der Waals surface area contributed by atoms with Gasteiger partial charge in [0, 0.05) is 27.7 Å². The first-order valence-electron chi connectivity index (χ1n) is 13.9. The lowest BCUT2D eigenvalue weighted by Crippen LogP contribution is -2.81. The number of rotatable bonds is 7. The van der Waals surface area contributed by atoms with Gasteiger partial charge in [-0.25, -0.2) is 4.79 Å². The first-order chi connectivity index (χ1) is 19.6. The lowest BCUT2D eigenvalue weighted by atomic mass is 9.47. The molecule has 2 bridgehead atoms. The van der Waals surface area contributed by atoms with E-state index in [0.717, 1.165) is 13.8 Å². The van der Waals surface area contributed by atoms with Gasteiger partial charge in [0.15, 0.2) is 6.10 Å². The second-order valence-corrected chi connectivity index (χ2v) is 11.9. The molecule has 42 heavy (non-hydrogen) atoms. The summed E-state index contributed by atoms with van der Waals surface area (Å²) < 4.78 is 35.9. The summed E-state index contributed by atoms with van der Waals surface area (Å²) in [5.74, 6) is -5.16. The molecule has 0 radical (unpaired) electrons. The normalized spacial score (nSPS) is 36.1. The van der Waals surface area contributed by atoms with Gasteiger partial charge in [0.1, 0.15) is 42.0 Å². The Morgan fingerprint density at radius 2 is 1.43 bits per heavy atom. The summed E-state index contributed by atoms with van der Waals surface area (Å²) in [4.78, 5) is 63.2. The lowest BCUT2D eigenvalue weighted by Gasteiger charge is -2.64. The number of esters is 5. The maximum absolute atomic E-state index is 13.5. The molecule has 1 saturated heterocycles. The van der Waals surface area contributed by atoms with E-state index < -0.39 is 95.4 Å².